The van der Waals surface area contributed by atoms with Crippen LogP contribution >= 0.6 is 0 Å². The first-order valence-corrected chi connectivity index (χ1v) is 23.5. The minimum absolute atomic E-state index is 0.201. The largest absolute Gasteiger partial charge is 0.507 e. The lowest BCUT2D eigenvalue weighted by Crippen LogP contribution is -2.37. The Bertz CT molecular complexity index is 2690. The number of phenolic OH excluding ortho intramolecular Hbond substituents is 1. The molecule has 4 nitrogen and oxygen atoms in total. The van der Waals surface area contributed by atoms with Crippen LogP contribution in [0.2, 0.25) is 19.6 Å². The summed E-state index contributed by atoms with van der Waals surface area (Å²) in [6, 6.07) is 47.4. The second kappa shape index (κ2) is 15.0. The Hall–Kier alpha value is -5.78. The molecule has 8 aromatic rings. The highest BCUT2D eigenvalue weighted by atomic mass is 28.3. The molecule has 0 aliphatic rings. The molecule has 0 fully saturated rings. The molecule has 0 spiro atoms. The van der Waals surface area contributed by atoms with Crippen molar-refractivity contribution in [2.45, 2.75) is 60.2 Å². The molecule has 1 N–H and O–H groups in total. The van der Waals surface area contributed by atoms with Crippen molar-refractivity contribution in [3.8, 4) is 56.3 Å². The van der Waals surface area contributed by atoms with E-state index in [0.717, 1.165) is 73.8 Å². The second-order valence-electron chi connectivity index (χ2n) is 17.2. The molecule has 0 aliphatic carbocycles. The first-order chi connectivity index (χ1) is 26.9. The summed E-state index contributed by atoms with van der Waals surface area (Å²) in [5.74, 6) is 1.93. The van der Waals surface area contributed by atoms with E-state index in [4.69, 9.17) is 9.97 Å². The number of aromatic hydroxyl groups is 1. The van der Waals surface area contributed by atoms with Gasteiger partial charge in [-0.05, 0) is 106 Å². The monoisotopic (exact) mass is 749 g/mol. The van der Waals surface area contributed by atoms with Crippen LogP contribution in [0.5, 0.6) is 5.75 Å². The zero-order valence-corrected chi connectivity index (χ0v) is 34.6. The molecule has 0 amide bonds. The standard InChI is InChI=1S/C51H51N3OSi/c1-33(2)25-35-13-10-16-38(27-35)39-21-23-44(49(55)31-39)51-53-50-45(40-17-11-18-41(30-40)46-24-22-42(32-52-46)56(5,6)7)28-36(26-34(3)4)29-48(50)54(51)47-20-12-15-37-14-8-9-19-43(37)47/h8-24,27-34,55H,25-26H2,1-7H3. The number of nitrogens with zero attached hydrogens (tertiary/aromatic N) is 3. The number of phenols is 1. The fourth-order valence-electron chi connectivity index (χ4n) is 7.98. The molecule has 0 atom stereocenters. The quantitative estimate of drug-likeness (QED) is 0.142. The van der Waals surface area contributed by atoms with Crippen molar-refractivity contribution in [2.24, 2.45) is 11.8 Å². The maximum atomic E-state index is 12.0. The number of rotatable bonds is 10. The van der Waals surface area contributed by atoms with Gasteiger partial charge < -0.3 is 5.11 Å². The first-order valence-electron chi connectivity index (χ1n) is 20.0. The Balaban J connectivity index is 1.35. The van der Waals surface area contributed by atoms with E-state index in [-0.39, 0.29) is 5.75 Å². The third-order valence-corrected chi connectivity index (χ3v) is 12.7. The highest BCUT2D eigenvalue weighted by Gasteiger charge is 2.23. The van der Waals surface area contributed by atoms with Gasteiger partial charge in [-0.25, -0.2) is 4.98 Å². The zero-order valence-electron chi connectivity index (χ0n) is 33.6. The average Bonchev–Trinajstić information content (AvgIpc) is 3.55. The van der Waals surface area contributed by atoms with Crippen LogP contribution in [0.25, 0.3) is 72.4 Å². The molecule has 6 aromatic carbocycles. The van der Waals surface area contributed by atoms with E-state index < -0.39 is 8.07 Å². The SMILES string of the molecule is CC(C)Cc1cccc(-c2ccc(-c3nc4c(-c5cccc(-c6ccc([Si](C)(C)C)cn6)c5)cc(CC(C)C)cc4n3-c3cccc4ccccc34)c(O)c2)c1. The number of benzene rings is 6. The predicted octanol–water partition coefficient (Wildman–Crippen LogP) is 12.9. The molecule has 0 bridgehead atoms. The minimum atomic E-state index is -1.47. The summed E-state index contributed by atoms with van der Waals surface area (Å²) in [4.78, 5) is 10.4. The van der Waals surface area contributed by atoms with Gasteiger partial charge in [-0.15, -0.1) is 0 Å². The van der Waals surface area contributed by atoms with Gasteiger partial charge >= 0.3 is 0 Å². The Morgan fingerprint density at radius 3 is 2.05 bits per heavy atom. The molecule has 2 heterocycles. The van der Waals surface area contributed by atoms with Gasteiger partial charge in [0, 0.05) is 22.7 Å². The van der Waals surface area contributed by atoms with E-state index >= 15 is 0 Å². The molecular formula is C51H51N3OSi. The van der Waals surface area contributed by atoms with Gasteiger partial charge in [0.15, 0.2) is 0 Å². The highest BCUT2D eigenvalue weighted by molar-refractivity contribution is 6.88. The summed E-state index contributed by atoms with van der Waals surface area (Å²) < 4.78 is 2.27. The van der Waals surface area contributed by atoms with E-state index in [1.165, 1.54) is 16.3 Å². The molecule has 0 unspecified atom stereocenters. The molecular weight excluding hydrogens is 699 g/mol. The van der Waals surface area contributed by atoms with Gasteiger partial charge in [-0.2, -0.15) is 0 Å². The Labute approximate surface area is 332 Å². The van der Waals surface area contributed by atoms with Crippen molar-refractivity contribution >= 4 is 35.1 Å². The lowest BCUT2D eigenvalue weighted by Gasteiger charge is -2.16. The van der Waals surface area contributed by atoms with Gasteiger partial charge in [0.1, 0.15) is 11.6 Å². The van der Waals surface area contributed by atoms with Gasteiger partial charge in [-0.1, -0.05) is 138 Å². The van der Waals surface area contributed by atoms with Crippen LogP contribution in [-0.4, -0.2) is 27.7 Å². The molecule has 280 valence electrons. The molecule has 0 saturated heterocycles. The number of hydrogen-bond acceptors (Lipinski definition) is 3. The van der Waals surface area contributed by atoms with Crippen LogP contribution in [0.3, 0.4) is 0 Å². The smallest absolute Gasteiger partial charge is 0.149 e. The minimum Gasteiger partial charge on any atom is -0.507 e. The van der Waals surface area contributed by atoms with E-state index in [1.54, 1.807) is 0 Å². The van der Waals surface area contributed by atoms with Crippen molar-refractivity contribution in [3.05, 3.63) is 151 Å². The van der Waals surface area contributed by atoms with E-state index in [0.29, 0.717) is 23.2 Å². The molecule has 0 saturated carbocycles. The highest BCUT2D eigenvalue weighted by Crippen LogP contribution is 2.41. The third kappa shape index (κ3) is 7.44. The predicted molar refractivity (Wildman–Crippen MR) is 240 cm³/mol. The molecule has 8 rings (SSSR count). The maximum absolute atomic E-state index is 12.0. The summed E-state index contributed by atoms with van der Waals surface area (Å²) in [7, 11) is -1.47. The molecule has 0 radical (unpaired) electrons. The third-order valence-electron chi connectivity index (χ3n) is 10.7. The number of hydrogen-bond donors (Lipinski definition) is 1. The molecule has 0 aliphatic heterocycles. The van der Waals surface area contributed by atoms with Crippen LogP contribution in [0.4, 0.5) is 0 Å². The van der Waals surface area contributed by atoms with Crippen molar-refractivity contribution < 1.29 is 5.11 Å². The van der Waals surface area contributed by atoms with Crippen LogP contribution in [0.15, 0.2) is 140 Å². The van der Waals surface area contributed by atoms with Crippen LogP contribution in [0.1, 0.15) is 38.8 Å². The van der Waals surface area contributed by atoms with Gasteiger partial charge in [0.25, 0.3) is 0 Å². The number of pyridine rings is 1. The second-order valence-corrected chi connectivity index (χ2v) is 22.2. The van der Waals surface area contributed by atoms with Crippen LogP contribution in [0, 0.1) is 11.8 Å². The van der Waals surface area contributed by atoms with Crippen LogP contribution < -0.4 is 5.19 Å². The van der Waals surface area contributed by atoms with Crippen molar-refractivity contribution in [2.75, 3.05) is 0 Å². The molecule has 2 aromatic heterocycles. The van der Waals surface area contributed by atoms with E-state index in [9.17, 15) is 5.11 Å². The summed E-state index contributed by atoms with van der Waals surface area (Å²) in [6.45, 7) is 16.1. The van der Waals surface area contributed by atoms with Gasteiger partial charge in [0.05, 0.1) is 36.1 Å². The lowest BCUT2D eigenvalue weighted by molar-refractivity contribution is 0.477. The summed E-state index contributed by atoms with van der Waals surface area (Å²) in [5, 5.41) is 15.6. The zero-order chi connectivity index (χ0) is 39.1. The fraction of sp³-hybridized carbons (Fsp3) is 0.216. The number of imidazole rings is 1. The average molecular weight is 750 g/mol. The van der Waals surface area contributed by atoms with E-state index in [2.05, 4.69) is 179 Å². The summed E-state index contributed by atoms with van der Waals surface area (Å²) in [6.07, 6.45) is 4.00. The lowest BCUT2D eigenvalue weighted by atomic mass is 9.95. The Morgan fingerprint density at radius 2 is 1.30 bits per heavy atom. The molecule has 5 heteroatoms. The Morgan fingerprint density at radius 1 is 0.607 bits per heavy atom. The topological polar surface area (TPSA) is 50.9 Å². The first kappa shape index (κ1) is 37.2. The summed E-state index contributed by atoms with van der Waals surface area (Å²) >= 11 is 0. The maximum Gasteiger partial charge on any atom is 0.149 e. The Kier molecular flexibility index (Phi) is 9.98. The van der Waals surface area contributed by atoms with Crippen LogP contribution in [-0.2, 0) is 12.8 Å². The van der Waals surface area contributed by atoms with Gasteiger partial charge in [-0.3, -0.25) is 9.55 Å². The molecule has 56 heavy (non-hydrogen) atoms. The van der Waals surface area contributed by atoms with Crippen molar-refractivity contribution in [3.63, 3.8) is 0 Å². The summed E-state index contributed by atoms with van der Waals surface area (Å²) in [5.41, 5.74) is 12.4. The number of fused-ring (bicyclic) bond motifs is 2. The normalized spacial score (nSPS) is 12.0. The van der Waals surface area contributed by atoms with Crippen molar-refractivity contribution in [1.29, 1.82) is 0 Å². The van der Waals surface area contributed by atoms with Crippen molar-refractivity contribution in [1.82, 2.24) is 14.5 Å². The number of aromatic nitrogens is 3. The fourth-order valence-corrected chi connectivity index (χ4v) is 9.01. The van der Waals surface area contributed by atoms with E-state index in [1.807, 2.05) is 12.1 Å². The van der Waals surface area contributed by atoms with Gasteiger partial charge in [0.2, 0.25) is 0 Å².